The molecule has 0 N–H and O–H groups in total. The first-order valence-corrected chi connectivity index (χ1v) is 13.2. The fraction of sp³-hybridized carbons (Fsp3) is 0.517. The molecular formula is C29H34N2O8. The SMILES string of the molecule is CC[C@H]1c2c3c(c(C)c(OC)c2C(=O)C2C4c5c(c(OC)c(C)c(OC)c5OC)CC(C(=O)N21)N4C)OCO3. The molecule has 1 fully saturated rings. The van der Waals surface area contributed by atoms with E-state index in [4.69, 9.17) is 28.4 Å². The van der Waals surface area contributed by atoms with E-state index in [1.165, 1.54) is 0 Å². The van der Waals surface area contributed by atoms with Crippen LogP contribution in [0.25, 0.3) is 0 Å². The number of likely N-dealkylation sites (N-methyl/N-ethyl adjacent to an activating group) is 1. The van der Waals surface area contributed by atoms with Gasteiger partial charge < -0.3 is 33.3 Å². The molecule has 6 rings (SSSR count). The summed E-state index contributed by atoms with van der Waals surface area (Å²) < 4.78 is 35.2. The van der Waals surface area contributed by atoms with E-state index < -0.39 is 24.2 Å². The van der Waals surface area contributed by atoms with E-state index in [1.807, 2.05) is 32.7 Å². The average Bonchev–Trinajstić information content (AvgIpc) is 3.42. The lowest BCUT2D eigenvalue weighted by Gasteiger charge is -2.56. The van der Waals surface area contributed by atoms with Crippen LogP contribution in [0.4, 0.5) is 0 Å². The van der Waals surface area contributed by atoms with Crippen LogP contribution in [0.5, 0.6) is 34.5 Å². The minimum Gasteiger partial charge on any atom is -0.496 e. The number of ketones is 1. The molecule has 2 aromatic rings. The molecule has 0 aliphatic carbocycles. The Bertz CT molecular complexity index is 1420. The lowest BCUT2D eigenvalue weighted by molar-refractivity contribution is -0.153. The summed E-state index contributed by atoms with van der Waals surface area (Å²) in [4.78, 5) is 32.8. The Kier molecular flexibility index (Phi) is 5.87. The van der Waals surface area contributed by atoms with Gasteiger partial charge in [-0.2, -0.15) is 0 Å². The van der Waals surface area contributed by atoms with Gasteiger partial charge in [-0.15, -0.1) is 0 Å². The van der Waals surface area contributed by atoms with Gasteiger partial charge in [0.1, 0.15) is 17.5 Å². The number of Topliss-reactive ketones (excluding diaryl/α,β-unsaturated/α-hetero) is 1. The fourth-order valence-electron chi connectivity index (χ4n) is 7.37. The van der Waals surface area contributed by atoms with E-state index in [0.717, 1.165) is 16.7 Å². The molecule has 10 nitrogen and oxygen atoms in total. The number of hydrogen-bond acceptors (Lipinski definition) is 9. The van der Waals surface area contributed by atoms with Gasteiger partial charge in [-0.1, -0.05) is 6.92 Å². The van der Waals surface area contributed by atoms with Crippen molar-refractivity contribution in [3.05, 3.63) is 33.4 Å². The molecule has 4 aliphatic heterocycles. The molecule has 1 amide bonds. The van der Waals surface area contributed by atoms with Gasteiger partial charge in [0.05, 0.1) is 52.1 Å². The molecule has 39 heavy (non-hydrogen) atoms. The number of benzene rings is 2. The summed E-state index contributed by atoms with van der Waals surface area (Å²) in [5.41, 5.74) is 4.28. The van der Waals surface area contributed by atoms with E-state index in [0.29, 0.717) is 64.0 Å². The van der Waals surface area contributed by atoms with Crippen LogP contribution in [-0.2, 0) is 11.2 Å². The maximum atomic E-state index is 14.7. The monoisotopic (exact) mass is 538 g/mol. The molecule has 0 aromatic heterocycles. The van der Waals surface area contributed by atoms with Gasteiger partial charge in [0.25, 0.3) is 0 Å². The second-order valence-electron chi connectivity index (χ2n) is 10.4. The molecular weight excluding hydrogens is 504 g/mol. The Morgan fingerprint density at radius 3 is 2.08 bits per heavy atom. The number of piperazine rings is 1. The zero-order chi connectivity index (χ0) is 27.9. The number of amides is 1. The Balaban J connectivity index is 1.68. The Morgan fingerprint density at radius 1 is 0.821 bits per heavy atom. The summed E-state index contributed by atoms with van der Waals surface area (Å²) in [6, 6.07) is -2.21. The van der Waals surface area contributed by atoms with Crippen molar-refractivity contribution in [3.8, 4) is 34.5 Å². The van der Waals surface area contributed by atoms with Crippen LogP contribution in [0.15, 0.2) is 0 Å². The first-order valence-electron chi connectivity index (χ1n) is 13.2. The van der Waals surface area contributed by atoms with Gasteiger partial charge in [-0.05, 0) is 27.3 Å². The van der Waals surface area contributed by atoms with Crippen LogP contribution >= 0.6 is 0 Å². The number of carbonyl (C=O) groups excluding carboxylic acids is 2. The quantitative estimate of drug-likeness (QED) is 0.567. The van der Waals surface area contributed by atoms with E-state index in [9.17, 15) is 9.59 Å². The summed E-state index contributed by atoms with van der Waals surface area (Å²) in [7, 11) is 8.26. The normalized spacial score (nSPS) is 24.7. The fourth-order valence-corrected chi connectivity index (χ4v) is 7.37. The van der Waals surface area contributed by atoms with Crippen LogP contribution in [0.1, 0.15) is 63.6 Å². The number of methoxy groups -OCH3 is 4. The van der Waals surface area contributed by atoms with Gasteiger partial charge in [-0.25, -0.2) is 0 Å². The zero-order valence-electron chi connectivity index (χ0n) is 23.6. The van der Waals surface area contributed by atoms with Crippen molar-refractivity contribution in [1.29, 1.82) is 0 Å². The highest BCUT2D eigenvalue weighted by Crippen LogP contribution is 2.59. The molecule has 10 heteroatoms. The van der Waals surface area contributed by atoms with Crippen molar-refractivity contribution in [2.45, 2.75) is 57.8 Å². The van der Waals surface area contributed by atoms with E-state index in [2.05, 4.69) is 0 Å². The maximum absolute atomic E-state index is 14.7. The number of hydrogen-bond donors (Lipinski definition) is 0. The summed E-state index contributed by atoms with van der Waals surface area (Å²) in [6.07, 6.45) is 0.999. The molecule has 1 saturated heterocycles. The molecule has 2 aromatic carbocycles. The lowest BCUT2D eigenvalue weighted by atomic mass is 9.72. The number of carbonyl (C=O) groups is 2. The maximum Gasteiger partial charge on any atom is 0.241 e. The van der Waals surface area contributed by atoms with E-state index in [-0.39, 0.29) is 18.5 Å². The predicted octanol–water partition coefficient (Wildman–Crippen LogP) is 3.52. The van der Waals surface area contributed by atoms with E-state index >= 15 is 0 Å². The third kappa shape index (κ3) is 3.06. The van der Waals surface area contributed by atoms with Gasteiger partial charge in [0.2, 0.25) is 12.7 Å². The molecule has 0 saturated carbocycles. The molecule has 4 aliphatic rings. The Hall–Kier alpha value is -3.66. The molecule has 208 valence electrons. The second kappa shape index (κ2) is 8.94. The topological polar surface area (TPSA) is 96.0 Å². The minimum atomic E-state index is -0.824. The van der Waals surface area contributed by atoms with Crippen molar-refractivity contribution in [2.75, 3.05) is 42.3 Å². The van der Waals surface area contributed by atoms with Gasteiger partial charge in [-0.3, -0.25) is 14.5 Å². The zero-order valence-corrected chi connectivity index (χ0v) is 23.6. The second-order valence-corrected chi connectivity index (χ2v) is 10.4. The smallest absolute Gasteiger partial charge is 0.241 e. The number of nitrogens with zero attached hydrogens (tertiary/aromatic N) is 2. The predicted molar refractivity (Wildman–Crippen MR) is 141 cm³/mol. The number of rotatable bonds is 5. The average molecular weight is 539 g/mol. The van der Waals surface area contributed by atoms with Crippen LogP contribution in [-0.4, -0.2) is 75.9 Å². The van der Waals surface area contributed by atoms with Crippen molar-refractivity contribution in [3.63, 3.8) is 0 Å². The molecule has 2 bridgehead atoms. The summed E-state index contributed by atoms with van der Waals surface area (Å²) in [6.45, 7) is 5.84. The first-order chi connectivity index (χ1) is 18.8. The first kappa shape index (κ1) is 25.6. The third-order valence-electron chi connectivity index (χ3n) is 8.92. The van der Waals surface area contributed by atoms with Crippen LogP contribution in [0.2, 0.25) is 0 Å². The van der Waals surface area contributed by atoms with Gasteiger partial charge in [0, 0.05) is 34.2 Å². The van der Waals surface area contributed by atoms with Crippen molar-refractivity contribution in [2.24, 2.45) is 0 Å². The highest BCUT2D eigenvalue weighted by molar-refractivity contribution is 6.10. The molecule has 4 heterocycles. The minimum absolute atomic E-state index is 0.0509. The van der Waals surface area contributed by atoms with Crippen molar-refractivity contribution < 1.29 is 38.0 Å². The van der Waals surface area contributed by atoms with Crippen LogP contribution in [0, 0.1) is 13.8 Å². The lowest BCUT2D eigenvalue weighted by Crippen LogP contribution is -2.68. The van der Waals surface area contributed by atoms with Crippen molar-refractivity contribution in [1.82, 2.24) is 9.80 Å². The van der Waals surface area contributed by atoms with Crippen molar-refractivity contribution >= 4 is 11.7 Å². The Labute approximate surface area is 227 Å². The molecule has 0 spiro atoms. The summed E-state index contributed by atoms with van der Waals surface area (Å²) >= 11 is 0. The largest absolute Gasteiger partial charge is 0.496 e. The summed E-state index contributed by atoms with van der Waals surface area (Å²) in [5, 5.41) is 0. The third-order valence-corrected chi connectivity index (χ3v) is 8.92. The van der Waals surface area contributed by atoms with E-state index in [1.54, 1.807) is 33.3 Å². The molecule has 3 unspecified atom stereocenters. The highest BCUT2D eigenvalue weighted by Gasteiger charge is 2.59. The van der Waals surface area contributed by atoms with Gasteiger partial charge in [0.15, 0.2) is 28.8 Å². The number of fused-ring (bicyclic) bond motifs is 9. The standard InChI is InChI=1S/C29H34N2O8/c1-9-15-18-19(24(35-6)13(3)26-28(18)39-11-38-26)22(32)21-20-17-14(10-16(30(20)4)29(33)31(15)21)23(34-5)12(2)25(36-7)27(17)37-8/h15-16,20-21H,9-11H2,1-8H3/t15-,16?,20?,21?/m0/s1. The van der Waals surface area contributed by atoms with Crippen LogP contribution < -0.4 is 28.4 Å². The van der Waals surface area contributed by atoms with Crippen LogP contribution in [0.3, 0.4) is 0 Å². The molecule has 0 radical (unpaired) electrons. The highest BCUT2D eigenvalue weighted by atomic mass is 16.7. The number of ether oxygens (including phenoxy) is 6. The molecule has 4 atom stereocenters. The summed E-state index contributed by atoms with van der Waals surface area (Å²) in [5.74, 6) is 3.00. The van der Waals surface area contributed by atoms with Gasteiger partial charge >= 0.3 is 0 Å². The Morgan fingerprint density at radius 2 is 1.46 bits per heavy atom.